The van der Waals surface area contributed by atoms with Crippen LogP contribution in [-0.2, 0) is 9.53 Å². The number of rotatable bonds is 8. The lowest BCUT2D eigenvalue weighted by Gasteiger charge is -2.31. The van der Waals surface area contributed by atoms with E-state index in [1.54, 1.807) is 0 Å². The van der Waals surface area contributed by atoms with Gasteiger partial charge in [-0.2, -0.15) is 0 Å². The van der Waals surface area contributed by atoms with Crippen molar-refractivity contribution in [3.05, 3.63) is 12.1 Å². The summed E-state index contributed by atoms with van der Waals surface area (Å²) in [6.07, 6.45) is 5.82. The molecule has 1 N–H and O–H groups in total. The van der Waals surface area contributed by atoms with Gasteiger partial charge in [-0.25, -0.2) is 0 Å². The number of benzene rings is 1. The molecule has 2 aliphatic carbocycles. The Morgan fingerprint density at radius 3 is 2.52 bits per heavy atom. The van der Waals surface area contributed by atoms with E-state index in [0.29, 0.717) is 50.2 Å². The van der Waals surface area contributed by atoms with E-state index >= 15 is 0 Å². The number of morpholine rings is 1. The van der Waals surface area contributed by atoms with Gasteiger partial charge in [0.1, 0.15) is 11.5 Å². The maximum atomic E-state index is 12.8. The van der Waals surface area contributed by atoms with E-state index < -0.39 is 0 Å². The molecule has 160 valence electrons. The molecule has 6 nitrogen and oxygen atoms in total. The maximum absolute atomic E-state index is 12.8. The van der Waals surface area contributed by atoms with Crippen molar-refractivity contribution in [3.63, 3.8) is 0 Å². The highest BCUT2D eigenvalue weighted by atomic mass is 16.5. The van der Waals surface area contributed by atoms with Gasteiger partial charge in [0.25, 0.3) is 0 Å². The minimum Gasteiger partial charge on any atom is -0.492 e. The van der Waals surface area contributed by atoms with Crippen LogP contribution in [0.25, 0.3) is 0 Å². The van der Waals surface area contributed by atoms with Crippen LogP contribution < -0.4 is 19.7 Å². The van der Waals surface area contributed by atoms with Gasteiger partial charge in [0.05, 0.1) is 37.8 Å². The lowest BCUT2D eigenvalue weighted by atomic mass is 9.86. The molecule has 3 fully saturated rings. The predicted octanol–water partition coefficient (Wildman–Crippen LogP) is 4.09. The molecule has 3 unspecified atom stereocenters. The Kier molecular flexibility index (Phi) is 6.48. The summed E-state index contributed by atoms with van der Waals surface area (Å²) in [5.41, 5.74) is 1.71. The number of fused-ring (bicyclic) bond motifs is 2. The maximum Gasteiger partial charge on any atom is 0.224 e. The van der Waals surface area contributed by atoms with Crippen molar-refractivity contribution < 1.29 is 19.0 Å². The van der Waals surface area contributed by atoms with Crippen molar-refractivity contribution in [1.29, 1.82) is 0 Å². The van der Waals surface area contributed by atoms with Crippen LogP contribution in [0.5, 0.6) is 11.5 Å². The summed E-state index contributed by atoms with van der Waals surface area (Å²) in [7, 11) is 0. The van der Waals surface area contributed by atoms with E-state index in [1.165, 1.54) is 25.7 Å². The first-order valence-electron chi connectivity index (χ1n) is 11.2. The van der Waals surface area contributed by atoms with Crippen molar-refractivity contribution in [1.82, 2.24) is 0 Å². The monoisotopic (exact) mass is 402 g/mol. The van der Waals surface area contributed by atoms with Gasteiger partial charge in [-0.3, -0.25) is 4.79 Å². The lowest BCUT2D eigenvalue weighted by molar-refractivity contribution is -0.117. The molecule has 1 amide bonds. The molecule has 1 aromatic rings. The van der Waals surface area contributed by atoms with Crippen LogP contribution in [0.2, 0.25) is 0 Å². The molecular weight excluding hydrogens is 368 g/mol. The zero-order valence-electron chi connectivity index (χ0n) is 17.7. The van der Waals surface area contributed by atoms with Crippen LogP contribution in [0, 0.1) is 17.8 Å². The second kappa shape index (κ2) is 9.24. The molecule has 1 aromatic carbocycles. The standard InChI is InChI=1S/C23H34N2O4/c1-3-28-21-15-20(25-7-9-27-10-8-25)22(29-4-2)14-19(21)24-23(26)13-18-12-16-5-6-17(18)11-16/h14-18H,3-13H2,1-2H3,(H,24,26). The molecule has 0 aromatic heterocycles. The average molecular weight is 403 g/mol. The Morgan fingerprint density at radius 2 is 1.86 bits per heavy atom. The second-order valence-corrected chi connectivity index (χ2v) is 8.47. The molecule has 3 atom stereocenters. The summed E-state index contributed by atoms with van der Waals surface area (Å²) in [5.74, 6) is 3.73. The predicted molar refractivity (Wildman–Crippen MR) is 114 cm³/mol. The van der Waals surface area contributed by atoms with Crippen LogP contribution in [-0.4, -0.2) is 45.4 Å². The number of anilines is 2. The van der Waals surface area contributed by atoms with E-state index in [-0.39, 0.29) is 5.91 Å². The molecule has 1 aliphatic heterocycles. The van der Waals surface area contributed by atoms with Crippen LogP contribution in [0.3, 0.4) is 0 Å². The first-order valence-corrected chi connectivity index (χ1v) is 11.2. The topological polar surface area (TPSA) is 60.0 Å². The Morgan fingerprint density at radius 1 is 1.10 bits per heavy atom. The SMILES string of the molecule is CCOc1cc(N2CCOCC2)c(OCC)cc1NC(=O)CC1CC2CCC1C2. The number of carbonyl (C=O) groups excluding carboxylic acids is 1. The Balaban J connectivity index is 1.52. The summed E-state index contributed by atoms with van der Waals surface area (Å²) in [5, 5.41) is 3.12. The number of amides is 1. The quantitative estimate of drug-likeness (QED) is 0.710. The number of carbonyl (C=O) groups is 1. The first-order chi connectivity index (χ1) is 14.2. The van der Waals surface area contributed by atoms with Crippen molar-refractivity contribution in [2.45, 2.75) is 46.0 Å². The van der Waals surface area contributed by atoms with Gasteiger partial charge < -0.3 is 24.4 Å². The van der Waals surface area contributed by atoms with Gasteiger partial charge in [0, 0.05) is 31.6 Å². The van der Waals surface area contributed by atoms with Crippen molar-refractivity contribution in [3.8, 4) is 11.5 Å². The minimum absolute atomic E-state index is 0.0880. The number of hydrogen-bond donors (Lipinski definition) is 1. The third-order valence-electron chi connectivity index (χ3n) is 6.62. The Labute approximate surface area is 173 Å². The van der Waals surface area contributed by atoms with Gasteiger partial charge in [-0.15, -0.1) is 0 Å². The molecule has 1 heterocycles. The summed E-state index contributed by atoms with van der Waals surface area (Å²) in [6.45, 7) is 8.12. The molecule has 29 heavy (non-hydrogen) atoms. The third kappa shape index (κ3) is 4.63. The highest BCUT2D eigenvalue weighted by Crippen LogP contribution is 2.49. The normalized spacial score (nSPS) is 25.9. The van der Waals surface area contributed by atoms with Crippen LogP contribution in [0.15, 0.2) is 12.1 Å². The Bertz CT molecular complexity index is 717. The summed E-state index contributed by atoms with van der Waals surface area (Å²) >= 11 is 0. The molecular formula is C23H34N2O4. The highest BCUT2D eigenvalue weighted by Gasteiger charge is 2.40. The lowest BCUT2D eigenvalue weighted by Crippen LogP contribution is -2.36. The summed E-state index contributed by atoms with van der Waals surface area (Å²) in [4.78, 5) is 15.1. The fourth-order valence-electron chi connectivity index (χ4n) is 5.31. The van der Waals surface area contributed by atoms with Gasteiger partial charge in [0.15, 0.2) is 0 Å². The zero-order chi connectivity index (χ0) is 20.2. The number of ether oxygens (including phenoxy) is 3. The Hall–Kier alpha value is -1.95. The van der Waals surface area contributed by atoms with E-state index in [2.05, 4.69) is 10.2 Å². The smallest absolute Gasteiger partial charge is 0.224 e. The molecule has 6 heteroatoms. The van der Waals surface area contributed by atoms with Crippen LogP contribution in [0.4, 0.5) is 11.4 Å². The molecule has 0 spiro atoms. The summed E-state index contributed by atoms with van der Waals surface area (Å²) in [6, 6.07) is 3.94. The number of nitrogens with zero attached hydrogens (tertiary/aromatic N) is 1. The van der Waals surface area contributed by atoms with Crippen molar-refractivity contribution in [2.75, 3.05) is 49.7 Å². The third-order valence-corrected chi connectivity index (χ3v) is 6.62. The van der Waals surface area contributed by atoms with E-state index in [9.17, 15) is 4.79 Å². The molecule has 3 aliphatic rings. The average Bonchev–Trinajstić information content (AvgIpc) is 3.34. The van der Waals surface area contributed by atoms with Crippen LogP contribution >= 0.6 is 0 Å². The van der Waals surface area contributed by atoms with E-state index in [4.69, 9.17) is 14.2 Å². The van der Waals surface area contributed by atoms with Crippen LogP contribution in [0.1, 0.15) is 46.0 Å². The van der Waals surface area contributed by atoms with Crippen molar-refractivity contribution in [2.24, 2.45) is 17.8 Å². The molecule has 4 rings (SSSR count). The number of hydrogen-bond acceptors (Lipinski definition) is 5. The molecule has 2 saturated carbocycles. The highest BCUT2D eigenvalue weighted by molar-refractivity contribution is 5.93. The summed E-state index contributed by atoms with van der Waals surface area (Å²) < 4.78 is 17.3. The van der Waals surface area contributed by atoms with Gasteiger partial charge in [-0.05, 0) is 50.9 Å². The molecule has 0 radical (unpaired) electrons. The molecule has 2 bridgehead atoms. The minimum atomic E-state index is 0.0880. The van der Waals surface area contributed by atoms with Gasteiger partial charge >= 0.3 is 0 Å². The fourth-order valence-corrected chi connectivity index (χ4v) is 5.31. The van der Waals surface area contributed by atoms with Crippen molar-refractivity contribution >= 4 is 17.3 Å². The first kappa shape index (κ1) is 20.3. The largest absolute Gasteiger partial charge is 0.492 e. The van der Waals surface area contributed by atoms with E-state index in [1.807, 2.05) is 26.0 Å². The van der Waals surface area contributed by atoms with Gasteiger partial charge in [0.2, 0.25) is 5.91 Å². The molecule has 1 saturated heterocycles. The fraction of sp³-hybridized carbons (Fsp3) is 0.696. The number of nitrogens with one attached hydrogen (secondary N) is 1. The van der Waals surface area contributed by atoms with Gasteiger partial charge in [-0.1, -0.05) is 6.42 Å². The van der Waals surface area contributed by atoms with E-state index in [0.717, 1.165) is 36.4 Å². The zero-order valence-corrected chi connectivity index (χ0v) is 17.7. The second-order valence-electron chi connectivity index (χ2n) is 8.47.